The number of aromatic nitrogens is 2. The van der Waals surface area contributed by atoms with Crippen molar-refractivity contribution in [3.63, 3.8) is 0 Å². The van der Waals surface area contributed by atoms with E-state index >= 15 is 0 Å². The van der Waals surface area contributed by atoms with Crippen LogP contribution in [-0.2, 0) is 0 Å². The van der Waals surface area contributed by atoms with Crippen molar-refractivity contribution < 1.29 is 9.50 Å². The summed E-state index contributed by atoms with van der Waals surface area (Å²) in [5, 5.41) is 18.0. The lowest BCUT2D eigenvalue weighted by molar-refractivity contribution is 0.478. The summed E-state index contributed by atoms with van der Waals surface area (Å²) in [6.45, 7) is 0. The van der Waals surface area contributed by atoms with E-state index in [9.17, 15) is 9.50 Å². The molecule has 1 heterocycles. The van der Waals surface area contributed by atoms with E-state index in [2.05, 4.69) is 10.2 Å². The van der Waals surface area contributed by atoms with Gasteiger partial charge >= 0.3 is 0 Å². The number of aromatic hydroxyl groups is 1. The summed E-state index contributed by atoms with van der Waals surface area (Å²) < 4.78 is 12.9. The normalized spacial score (nSPS) is 10.2. The van der Waals surface area contributed by atoms with Crippen LogP contribution < -0.4 is 6.15 Å². The zero-order valence-electron chi connectivity index (χ0n) is 9.79. The second-order valence-electron chi connectivity index (χ2n) is 3.97. The van der Waals surface area contributed by atoms with Gasteiger partial charge in [0.1, 0.15) is 11.6 Å². The second kappa shape index (κ2) is 4.99. The van der Waals surface area contributed by atoms with Crippen molar-refractivity contribution in [2.24, 2.45) is 0 Å². The van der Waals surface area contributed by atoms with E-state index in [0.29, 0.717) is 10.9 Å². The molecular weight excluding hydrogens is 245 g/mol. The van der Waals surface area contributed by atoms with Crippen LogP contribution >= 0.6 is 0 Å². The number of halogens is 1. The topological polar surface area (TPSA) is 76.5 Å². The zero-order chi connectivity index (χ0) is 12.5. The molecule has 2 aromatic carbocycles. The SMILES string of the molecule is Oc1cnnc2ccc(-c3ccc(F)cc3)cc12.[N]. The molecule has 3 radical (unpaired) electrons. The van der Waals surface area contributed by atoms with Gasteiger partial charge in [-0.15, -0.1) is 0 Å². The minimum atomic E-state index is -0.270. The highest BCUT2D eigenvalue weighted by molar-refractivity contribution is 5.88. The molecule has 0 aliphatic heterocycles. The summed E-state index contributed by atoms with van der Waals surface area (Å²) in [5.41, 5.74) is 2.40. The molecule has 0 aliphatic rings. The summed E-state index contributed by atoms with van der Waals surface area (Å²) in [5.74, 6) is -0.183. The fourth-order valence-electron chi connectivity index (χ4n) is 1.87. The maximum atomic E-state index is 12.9. The van der Waals surface area contributed by atoms with Crippen LogP contribution in [0, 0.1) is 5.82 Å². The Morgan fingerprint density at radius 3 is 2.37 bits per heavy atom. The van der Waals surface area contributed by atoms with Gasteiger partial charge in [-0.2, -0.15) is 10.2 Å². The van der Waals surface area contributed by atoms with Gasteiger partial charge in [0.25, 0.3) is 0 Å². The first-order valence-electron chi connectivity index (χ1n) is 5.44. The lowest BCUT2D eigenvalue weighted by atomic mass is 10.0. The van der Waals surface area contributed by atoms with Crippen LogP contribution in [0.1, 0.15) is 0 Å². The van der Waals surface area contributed by atoms with Gasteiger partial charge in [0.2, 0.25) is 0 Å². The number of nitrogens with zero attached hydrogens (tertiary/aromatic N) is 3. The number of hydrogen-bond acceptors (Lipinski definition) is 3. The van der Waals surface area contributed by atoms with Crippen LogP contribution in [0.2, 0.25) is 0 Å². The molecule has 0 atom stereocenters. The molecule has 19 heavy (non-hydrogen) atoms. The molecule has 0 aliphatic carbocycles. The summed E-state index contributed by atoms with van der Waals surface area (Å²) in [4.78, 5) is 0. The van der Waals surface area contributed by atoms with E-state index < -0.39 is 0 Å². The van der Waals surface area contributed by atoms with E-state index in [1.165, 1.54) is 18.3 Å². The summed E-state index contributed by atoms with van der Waals surface area (Å²) in [6.07, 6.45) is 1.30. The minimum Gasteiger partial charge on any atom is -0.506 e. The lowest BCUT2D eigenvalue weighted by Crippen LogP contribution is -1.85. The largest absolute Gasteiger partial charge is 0.506 e. The highest BCUT2D eigenvalue weighted by Crippen LogP contribution is 2.27. The van der Waals surface area contributed by atoms with Crippen molar-refractivity contribution >= 4 is 10.9 Å². The third-order valence-corrected chi connectivity index (χ3v) is 2.80. The Hall–Kier alpha value is -2.53. The number of fused-ring (bicyclic) bond motifs is 1. The molecule has 5 heteroatoms. The Morgan fingerprint density at radius 2 is 1.63 bits per heavy atom. The average Bonchev–Trinajstić information content (AvgIpc) is 2.40. The van der Waals surface area contributed by atoms with Crippen molar-refractivity contribution in [3.05, 3.63) is 54.5 Å². The molecule has 0 amide bonds. The van der Waals surface area contributed by atoms with Gasteiger partial charge in [-0.1, -0.05) is 18.2 Å². The molecule has 0 saturated carbocycles. The lowest BCUT2D eigenvalue weighted by Gasteiger charge is -2.04. The molecule has 0 saturated heterocycles. The minimum absolute atomic E-state index is 0. The third kappa shape index (κ3) is 2.36. The van der Waals surface area contributed by atoms with Gasteiger partial charge < -0.3 is 5.11 Å². The smallest absolute Gasteiger partial charge is 0.145 e. The van der Waals surface area contributed by atoms with Crippen LogP contribution in [0.3, 0.4) is 0 Å². The van der Waals surface area contributed by atoms with Crippen LogP contribution in [0.15, 0.2) is 48.7 Å². The van der Waals surface area contributed by atoms with Crippen molar-refractivity contribution in [3.8, 4) is 16.9 Å². The van der Waals surface area contributed by atoms with E-state index in [4.69, 9.17) is 0 Å². The first-order valence-corrected chi connectivity index (χ1v) is 5.44. The van der Waals surface area contributed by atoms with Crippen LogP contribution in [0.4, 0.5) is 4.39 Å². The van der Waals surface area contributed by atoms with Gasteiger partial charge in [0, 0.05) is 11.5 Å². The molecule has 0 spiro atoms. The highest BCUT2D eigenvalue weighted by atomic mass is 19.1. The standard InChI is InChI=1S/C14H9FN2O.N/c15-11-4-1-9(2-5-11)10-3-6-13-12(7-10)14(18)8-16-17-13;/h1-8H,(H,17,18);. The van der Waals surface area contributed by atoms with Crippen LogP contribution in [-0.4, -0.2) is 15.3 Å². The van der Waals surface area contributed by atoms with Gasteiger partial charge in [-0.3, -0.25) is 0 Å². The Kier molecular flexibility index (Phi) is 3.39. The number of benzene rings is 2. The maximum absolute atomic E-state index is 12.9. The second-order valence-corrected chi connectivity index (χ2v) is 3.97. The van der Waals surface area contributed by atoms with Crippen molar-refractivity contribution in [1.29, 1.82) is 0 Å². The Labute approximate surface area is 109 Å². The van der Waals surface area contributed by atoms with E-state index in [-0.39, 0.29) is 17.7 Å². The van der Waals surface area contributed by atoms with Crippen LogP contribution in [0.5, 0.6) is 5.75 Å². The fraction of sp³-hybridized carbons (Fsp3) is 0. The van der Waals surface area contributed by atoms with E-state index in [1.54, 1.807) is 18.2 Å². The van der Waals surface area contributed by atoms with Crippen molar-refractivity contribution in [2.75, 3.05) is 0 Å². The third-order valence-electron chi connectivity index (χ3n) is 2.80. The molecular formula is C14H9FN3O. The quantitative estimate of drug-likeness (QED) is 0.725. The first kappa shape index (κ1) is 12.9. The molecule has 93 valence electrons. The van der Waals surface area contributed by atoms with Gasteiger partial charge in [0.05, 0.1) is 11.7 Å². The molecule has 0 fully saturated rings. The van der Waals surface area contributed by atoms with Gasteiger partial charge in [-0.05, 0) is 35.4 Å². The number of hydrogen-bond donors (Lipinski definition) is 1. The number of rotatable bonds is 1. The van der Waals surface area contributed by atoms with Crippen molar-refractivity contribution in [2.45, 2.75) is 0 Å². The molecule has 0 bridgehead atoms. The molecule has 1 N–H and O–H groups in total. The average molecular weight is 254 g/mol. The van der Waals surface area contributed by atoms with Gasteiger partial charge in [0.15, 0.2) is 0 Å². The molecule has 0 unspecified atom stereocenters. The van der Waals surface area contributed by atoms with Crippen LogP contribution in [0.25, 0.3) is 22.0 Å². The fourth-order valence-corrected chi connectivity index (χ4v) is 1.87. The summed E-state index contributed by atoms with van der Waals surface area (Å²) in [7, 11) is 0. The molecule has 1 aromatic heterocycles. The monoisotopic (exact) mass is 254 g/mol. The zero-order valence-corrected chi connectivity index (χ0v) is 9.79. The summed E-state index contributed by atoms with van der Waals surface area (Å²) in [6, 6.07) is 11.7. The van der Waals surface area contributed by atoms with E-state index in [0.717, 1.165) is 11.1 Å². The first-order chi connectivity index (χ1) is 8.74. The van der Waals surface area contributed by atoms with E-state index in [1.807, 2.05) is 12.1 Å². The Morgan fingerprint density at radius 1 is 0.947 bits per heavy atom. The maximum Gasteiger partial charge on any atom is 0.145 e. The van der Waals surface area contributed by atoms with Crippen molar-refractivity contribution in [1.82, 2.24) is 16.3 Å². The molecule has 3 aromatic rings. The highest BCUT2D eigenvalue weighted by Gasteiger charge is 2.04. The molecule has 4 nitrogen and oxygen atoms in total. The Balaban J connectivity index is 0.00000133. The predicted molar refractivity (Wildman–Crippen MR) is 68.7 cm³/mol. The predicted octanol–water partition coefficient (Wildman–Crippen LogP) is 2.66. The Bertz CT molecular complexity index is 713. The van der Waals surface area contributed by atoms with Gasteiger partial charge in [-0.25, -0.2) is 4.39 Å². The molecule has 3 rings (SSSR count). The summed E-state index contributed by atoms with van der Waals surface area (Å²) >= 11 is 0.